The highest BCUT2D eigenvalue weighted by Crippen LogP contribution is 2.39. The molecule has 304 valence electrons. The van der Waals surface area contributed by atoms with Gasteiger partial charge in [-0.2, -0.15) is 18.6 Å². The highest BCUT2D eigenvalue weighted by atomic mass is 32.2. The zero-order valence-corrected chi connectivity index (χ0v) is 31.6. The molecule has 0 unspecified atom stereocenters. The van der Waals surface area contributed by atoms with E-state index in [9.17, 15) is 52.5 Å². The molecule has 0 saturated carbocycles. The van der Waals surface area contributed by atoms with E-state index in [1.54, 1.807) is 30.3 Å². The van der Waals surface area contributed by atoms with Gasteiger partial charge in [-0.05, 0) is 77.9 Å². The number of nitro benzene ring substituents is 1. The van der Waals surface area contributed by atoms with E-state index in [1.165, 1.54) is 38.5 Å². The third kappa shape index (κ3) is 8.48. The number of fused-ring (bicyclic) bond motifs is 1. The van der Waals surface area contributed by atoms with Gasteiger partial charge in [-0.1, -0.05) is 12.1 Å². The highest BCUT2D eigenvalue weighted by Gasteiger charge is 2.35. The van der Waals surface area contributed by atoms with Crippen molar-refractivity contribution in [3.05, 3.63) is 122 Å². The van der Waals surface area contributed by atoms with E-state index in [2.05, 4.69) is 31.3 Å². The first-order valence-electron chi connectivity index (χ1n) is 16.8. The summed E-state index contributed by atoms with van der Waals surface area (Å²) >= 11 is 0. The number of ether oxygens (including phenoxy) is 2. The zero-order valence-electron chi connectivity index (χ0n) is 30.8. The van der Waals surface area contributed by atoms with E-state index in [0.717, 1.165) is 36.4 Å². The molecule has 2 aliphatic carbocycles. The van der Waals surface area contributed by atoms with Crippen molar-refractivity contribution in [2.75, 3.05) is 30.8 Å². The Hall–Kier alpha value is -8.37. The lowest BCUT2D eigenvalue weighted by Gasteiger charge is -2.18. The molecular formula is C38H28N8O13S. The normalized spacial score (nSPS) is 15.1. The van der Waals surface area contributed by atoms with Crippen molar-refractivity contribution in [1.29, 1.82) is 0 Å². The topological polar surface area (TPSA) is 324 Å². The number of methoxy groups -OCH3 is 2. The number of nitrogens with one attached hydrogen (secondary N) is 2. The number of aliphatic carboxylic acids is 1. The van der Waals surface area contributed by atoms with E-state index >= 15 is 0 Å². The quantitative estimate of drug-likeness (QED) is 0.0177. The molecule has 7 N–H and O–H groups in total. The maximum absolute atomic E-state index is 13.8. The van der Waals surface area contributed by atoms with Crippen LogP contribution in [0.5, 0.6) is 11.5 Å². The minimum Gasteiger partial charge on any atom is -0.494 e. The van der Waals surface area contributed by atoms with Crippen molar-refractivity contribution < 1.29 is 56.8 Å². The summed E-state index contributed by atoms with van der Waals surface area (Å²) in [6.45, 7) is 0. The first-order chi connectivity index (χ1) is 28.5. The number of carboxylic acid groups (broad SMARTS) is 2. The van der Waals surface area contributed by atoms with Gasteiger partial charge in [-0.15, -0.1) is 10.2 Å². The Bertz CT molecular complexity index is 2860. The number of anilines is 3. The van der Waals surface area contributed by atoms with E-state index in [4.69, 9.17) is 15.2 Å². The number of azo groups is 1. The lowest BCUT2D eigenvalue weighted by Crippen LogP contribution is -2.27. The van der Waals surface area contributed by atoms with Crippen LogP contribution in [0.25, 0.3) is 17.2 Å². The van der Waals surface area contributed by atoms with Crippen LogP contribution in [-0.4, -0.2) is 77.3 Å². The van der Waals surface area contributed by atoms with Crippen molar-refractivity contribution in [2.45, 2.75) is 0 Å². The fourth-order valence-electron chi connectivity index (χ4n) is 5.74. The second-order valence-electron chi connectivity index (χ2n) is 12.4. The van der Waals surface area contributed by atoms with Crippen LogP contribution >= 0.6 is 0 Å². The number of nitrogens with zero attached hydrogens (tertiary/aromatic N) is 5. The Morgan fingerprint density at radius 2 is 1.45 bits per heavy atom. The standard InChI is InChI=1S/C38H28N8O13S/c1-58-31-13-18(3-9-28(31)42-40-20-5-12-30(47)25(15-20)38(51)52)19-4-10-29(32(14-19)59-2)43-45-35-33(60(55,56)57)17-23-22(36(35)48)7-8-26(39)34(23)44-41-27-11-6-21(46(53)54)16-24(27)37(49)50/h3-17,42-43H,39H2,1-2H3,(H,49,50)(H,51,52)(H,55,56,57)/b40-20+,44-41?,45-35+. The molecule has 0 bridgehead atoms. The van der Waals surface area contributed by atoms with Crippen LogP contribution in [0.1, 0.15) is 26.3 Å². The number of carbonyl (C=O) groups excluding carboxylic acids is 2. The van der Waals surface area contributed by atoms with E-state index in [-0.39, 0.29) is 45.3 Å². The first-order valence-corrected chi connectivity index (χ1v) is 18.3. The van der Waals surface area contributed by atoms with Gasteiger partial charge in [-0.25, -0.2) is 9.59 Å². The van der Waals surface area contributed by atoms with Crippen LogP contribution in [0.4, 0.5) is 34.1 Å². The first kappa shape index (κ1) is 41.3. The number of carbonyl (C=O) groups is 4. The Kier molecular flexibility index (Phi) is 11.4. The number of hydrogen-bond acceptors (Lipinski definition) is 17. The van der Waals surface area contributed by atoms with Gasteiger partial charge < -0.3 is 25.4 Å². The summed E-state index contributed by atoms with van der Waals surface area (Å²) in [5, 5.41) is 46.0. The third-order valence-electron chi connectivity index (χ3n) is 8.70. The van der Waals surface area contributed by atoms with Crippen LogP contribution in [0.15, 0.2) is 116 Å². The van der Waals surface area contributed by atoms with Gasteiger partial charge in [-0.3, -0.25) is 35.1 Å². The van der Waals surface area contributed by atoms with E-state index in [1.807, 2.05) is 0 Å². The molecule has 2 aliphatic rings. The average Bonchev–Trinajstić information content (AvgIpc) is 3.21. The summed E-state index contributed by atoms with van der Waals surface area (Å²) in [5.74, 6) is -4.06. The van der Waals surface area contributed by atoms with Crippen molar-refractivity contribution in [1.82, 2.24) is 0 Å². The molecule has 0 spiro atoms. The number of carboxylic acids is 2. The fraction of sp³-hybridized carbons (Fsp3) is 0.0526. The number of hydrogen-bond donors (Lipinski definition) is 6. The number of aromatic carboxylic acids is 1. The summed E-state index contributed by atoms with van der Waals surface area (Å²) in [5.41, 5.74) is 10.1. The fourth-order valence-corrected chi connectivity index (χ4v) is 6.39. The molecule has 60 heavy (non-hydrogen) atoms. The van der Waals surface area contributed by atoms with E-state index in [0.29, 0.717) is 22.6 Å². The Morgan fingerprint density at radius 1 is 0.817 bits per heavy atom. The Labute approximate surface area is 337 Å². The number of rotatable bonds is 13. The van der Waals surface area contributed by atoms with Crippen LogP contribution in [0, 0.1) is 10.1 Å². The molecule has 0 amide bonds. The summed E-state index contributed by atoms with van der Waals surface area (Å²) < 4.78 is 46.6. The van der Waals surface area contributed by atoms with Crippen LogP contribution in [0.3, 0.4) is 0 Å². The number of non-ortho nitro benzene ring substituents is 1. The summed E-state index contributed by atoms with van der Waals surface area (Å²) in [6.07, 6.45) is 4.46. The number of Topliss-reactive ketones (excluding diaryl/α,β-unsaturated/α-hetero) is 1. The SMILES string of the molecule is COc1cc(-c2ccc(N/N=C3\C=CC(=O)C(C(=O)O)=C3)c(OC)c2)ccc1N/N=C1/C(=O)c2ccc(N)c(N=Nc3ccc([N+](=O)[O-])cc3C(=O)O)c2C=C1S(=O)(=O)O. The smallest absolute Gasteiger partial charge is 0.339 e. The maximum atomic E-state index is 13.8. The number of benzene rings is 4. The Balaban J connectivity index is 1.29. The average molecular weight is 837 g/mol. The lowest BCUT2D eigenvalue weighted by atomic mass is 9.92. The molecule has 0 aromatic heterocycles. The molecule has 0 radical (unpaired) electrons. The van der Waals surface area contributed by atoms with Gasteiger partial charge in [0.1, 0.15) is 33.4 Å². The molecule has 0 aliphatic heterocycles. The van der Waals surface area contributed by atoms with Gasteiger partial charge >= 0.3 is 11.9 Å². The second kappa shape index (κ2) is 16.6. The van der Waals surface area contributed by atoms with Crippen molar-refractivity contribution in [3.8, 4) is 22.6 Å². The molecule has 21 nitrogen and oxygen atoms in total. The van der Waals surface area contributed by atoms with Gasteiger partial charge in [0.25, 0.3) is 15.8 Å². The molecule has 0 atom stereocenters. The van der Waals surface area contributed by atoms with Crippen LogP contribution in [-0.2, 0) is 19.7 Å². The van der Waals surface area contributed by atoms with Crippen molar-refractivity contribution in [2.24, 2.45) is 20.4 Å². The number of nitro groups is 1. The molecule has 0 fully saturated rings. The Morgan fingerprint density at radius 3 is 2.02 bits per heavy atom. The summed E-state index contributed by atoms with van der Waals surface area (Å²) in [6, 6.07) is 15.1. The third-order valence-corrected chi connectivity index (χ3v) is 9.56. The van der Waals surface area contributed by atoms with Crippen molar-refractivity contribution >= 4 is 85.2 Å². The largest absolute Gasteiger partial charge is 0.494 e. The van der Waals surface area contributed by atoms with Gasteiger partial charge in [0.2, 0.25) is 5.78 Å². The van der Waals surface area contributed by atoms with E-state index < -0.39 is 66.0 Å². The number of allylic oxidation sites excluding steroid dienone is 4. The molecule has 4 aromatic carbocycles. The second-order valence-corrected chi connectivity index (χ2v) is 13.7. The van der Waals surface area contributed by atoms with Gasteiger partial charge in [0.05, 0.1) is 47.5 Å². The molecule has 22 heteroatoms. The van der Waals surface area contributed by atoms with Gasteiger partial charge in [0, 0.05) is 23.3 Å². The molecule has 0 saturated heterocycles. The van der Waals surface area contributed by atoms with Crippen LogP contribution < -0.4 is 26.1 Å². The summed E-state index contributed by atoms with van der Waals surface area (Å²) in [4.78, 5) is 58.1. The summed E-state index contributed by atoms with van der Waals surface area (Å²) in [7, 11) is -2.38. The molecule has 6 rings (SSSR count). The molecular weight excluding hydrogens is 809 g/mol. The number of nitrogen functional groups attached to an aromatic ring is 1. The lowest BCUT2D eigenvalue weighted by molar-refractivity contribution is -0.384. The minimum absolute atomic E-state index is 0.125. The van der Waals surface area contributed by atoms with Gasteiger partial charge in [0.15, 0.2) is 11.5 Å². The number of ketones is 2. The predicted molar refractivity (Wildman–Crippen MR) is 216 cm³/mol. The number of nitrogens with two attached hydrogens (primary N) is 1. The maximum Gasteiger partial charge on any atom is 0.339 e. The highest BCUT2D eigenvalue weighted by molar-refractivity contribution is 7.91. The molecule has 0 heterocycles. The number of hydrazone groups is 2. The molecule has 4 aromatic rings. The minimum atomic E-state index is -5.15. The van der Waals surface area contributed by atoms with Crippen LogP contribution in [0.2, 0.25) is 0 Å². The monoisotopic (exact) mass is 836 g/mol. The zero-order chi connectivity index (χ0) is 43.5. The van der Waals surface area contributed by atoms with Crippen molar-refractivity contribution in [3.63, 3.8) is 0 Å². The predicted octanol–water partition coefficient (Wildman–Crippen LogP) is 5.79.